The van der Waals surface area contributed by atoms with E-state index in [1.165, 1.54) is 0 Å². The van der Waals surface area contributed by atoms with Gasteiger partial charge in [0.05, 0.1) is 32.0 Å². The fourth-order valence-electron chi connectivity index (χ4n) is 3.97. The molecule has 2 aromatic heterocycles. The van der Waals surface area contributed by atoms with Crippen LogP contribution >= 0.6 is 0 Å². The molecule has 1 aliphatic rings. The molecule has 3 aromatic rings. The van der Waals surface area contributed by atoms with E-state index >= 15 is 0 Å². The maximum Gasteiger partial charge on any atom is 0.263 e. The molecule has 1 N–H and O–H groups in total. The molecule has 1 atom stereocenters. The van der Waals surface area contributed by atoms with E-state index in [4.69, 9.17) is 14.5 Å². The Bertz CT molecular complexity index is 1100. The third-order valence-corrected chi connectivity index (χ3v) is 5.39. The molecule has 1 saturated heterocycles. The van der Waals surface area contributed by atoms with Crippen LogP contribution in [0.15, 0.2) is 29.2 Å². The maximum absolute atomic E-state index is 12.7. The molecule has 29 heavy (non-hydrogen) atoms. The molecule has 4 rings (SSSR count). The number of rotatable bonds is 4. The average Bonchev–Trinajstić information content (AvgIpc) is 3.34. The highest BCUT2D eigenvalue weighted by atomic mass is 16.5. The molecule has 0 spiro atoms. The number of anilines is 1. The van der Waals surface area contributed by atoms with Crippen LogP contribution < -0.4 is 19.9 Å². The summed E-state index contributed by atoms with van der Waals surface area (Å²) in [5.74, 6) is 2.08. The van der Waals surface area contributed by atoms with Crippen LogP contribution in [0.1, 0.15) is 45.2 Å². The number of nitrogens with one attached hydrogen (secondary N) is 1. The summed E-state index contributed by atoms with van der Waals surface area (Å²) in [5, 5.41) is 4.90. The number of hydrogen-bond donors (Lipinski definition) is 1. The van der Waals surface area contributed by atoms with Gasteiger partial charge in [-0.1, -0.05) is 0 Å². The van der Waals surface area contributed by atoms with E-state index in [2.05, 4.69) is 15.0 Å². The number of aromatic nitrogens is 4. The summed E-state index contributed by atoms with van der Waals surface area (Å²) in [4.78, 5) is 22.6. The van der Waals surface area contributed by atoms with Gasteiger partial charge in [0, 0.05) is 18.2 Å². The Morgan fingerprint density at radius 1 is 1.21 bits per heavy atom. The summed E-state index contributed by atoms with van der Waals surface area (Å²) in [6.45, 7) is 6.94. The molecule has 0 saturated carbocycles. The van der Waals surface area contributed by atoms with E-state index in [9.17, 15) is 4.79 Å². The Morgan fingerprint density at radius 3 is 2.69 bits per heavy atom. The van der Waals surface area contributed by atoms with Crippen molar-refractivity contribution in [2.75, 3.05) is 25.7 Å². The summed E-state index contributed by atoms with van der Waals surface area (Å²) in [7, 11) is 3.30. The van der Waals surface area contributed by atoms with Gasteiger partial charge in [-0.3, -0.25) is 9.78 Å². The van der Waals surface area contributed by atoms with E-state index in [1.807, 2.05) is 39.0 Å². The van der Waals surface area contributed by atoms with Gasteiger partial charge in [0.15, 0.2) is 5.65 Å². The first-order valence-corrected chi connectivity index (χ1v) is 9.80. The van der Waals surface area contributed by atoms with Crippen molar-refractivity contribution in [1.82, 2.24) is 19.7 Å². The van der Waals surface area contributed by atoms with Crippen LogP contribution in [0.4, 0.5) is 5.95 Å². The first kappa shape index (κ1) is 19.3. The van der Waals surface area contributed by atoms with Crippen LogP contribution in [0, 0.1) is 0 Å². The number of nitrogens with zero attached hydrogens (tertiary/aromatic N) is 4. The minimum atomic E-state index is -0.274. The molecule has 8 heteroatoms. The van der Waals surface area contributed by atoms with Gasteiger partial charge in [-0.15, -0.1) is 0 Å². The zero-order valence-corrected chi connectivity index (χ0v) is 17.5. The first-order chi connectivity index (χ1) is 13.8. The normalized spacial score (nSPS) is 17.1. The lowest BCUT2D eigenvalue weighted by Crippen LogP contribution is -2.29. The quantitative estimate of drug-likeness (QED) is 0.727. The van der Waals surface area contributed by atoms with Gasteiger partial charge in [0.1, 0.15) is 16.9 Å². The lowest BCUT2D eigenvalue weighted by atomic mass is 10.0. The molecule has 1 unspecified atom stereocenters. The highest BCUT2D eigenvalue weighted by molar-refractivity contribution is 5.75. The van der Waals surface area contributed by atoms with Crippen LogP contribution in [-0.2, 0) is 5.54 Å². The molecule has 1 fully saturated rings. The number of ether oxygens (including phenoxy) is 2. The Kier molecular flexibility index (Phi) is 4.72. The van der Waals surface area contributed by atoms with Crippen molar-refractivity contribution in [3.8, 4) is 11.5 Å². The Labute approximate surface area is 169 Å². The lowest BCUT2D eigenvalue weighted by molar-refractivity contribution is 0.366. The molecule has 1 aliphatic heterocycles. The number of fused-ring (bicyclic) bond motifs is 1. The SMILES string of the molecule is COc1ccc(C2CCCN2c2nc3c(cnn3C(C)(C)C)c(=O)[nH]2)c(OC)c1. The van der Waals surface area contributed by atoms with Gasteiger partial charge < -0.3 is 14.4 Å². The third kappa shape index (κ3) is 3.32. The smallest absolute Gasteiger partial charge is 0.263 e. The van der Waals surface area contributed by atoms with Crippen LogP contribution in [-0.4, -0.2) is 40.5 Å². The summed E-state index contributed by atoms with van der Waals surface area (Å²) in [6.07, 6.45) is 3.53. The van der Waals surface area contributed by atoms with Crippen LogP contribution in [0.25, 0.3) is 11.0 Å². The van der Waals surface area contributed by atoms with Gasteiger partial charge in [0.2, 0.25) is 5.95 Å². The van der Waals surface area contributed by atoms with E-state index in [-0.39, 0.29) is 17.1 Å². The van der Waals surface area contributed by atoms with Crippen molar-refractivity contribution in [2.24, 2.45) is 0 Å². The van der Waals surface area contributed by atoms with E-state index in [0.717, 1.165) is 36.4 Å². The van der Waals surface area contributed by atoms with Crippen molar-refractivity contribution in [1.29, 1.82) is 0 Å². The zero-order chi connectivity index (χ0) is 20.8. The molecule has 8 nitrogen and oxygen atoms in total. The summed E-state index contributed by atoms with van der Waals surface area (Å²) in [6, 6.07) is 5.90. The van der Waals surface area contributed by atoms with Crippen molar-refractivity contribution in [3.63, 3.8) is 0 Å². The average molecular weight is 397 g/mol. The van der Waals surface area contributed by atoms with Gasteiger partial charge in [-0.05, 0) is 45.7 Å². The topological polar surface area (TPSA) is 85.3 Å². The maximum atomic E-state index is 12.7. The minimum Gasteiger partial charge on any atom is -0.497 e. The van der Waals surface area contributed by atoms with Crippen LogP contribution in [0.2, 0.25) is 0 Å². The molecular weight excluding hydrogens is 370 g/mol. The van der Waals surface area contributed by atoms with Crippen molar-refractivity contribution in [3.05, 3.63) is 40.3 Å². The first-order valence-electron chi connectivity index (χ1n) is 9.80. The number of hydrogen-bond acceptors (Lipinski definition) is 6. The second kappa shape index (κ2) is 7.09. The predicted octanol–water partition coefficient (Wildman–Crippen LogP) is 3.23. The molecular formula is C21H27N5O3. The summed E-state index contributed by atoms with van der Waals surface area (Å²) < 4.78 is 12.7. The third-order valence-electron chi connectivity index (χ3n) is 5.39. The largest absolute Gasteiger partial charge is 0.497 e. The molecule has 0 bridgehead atoms. The van der Waals surface area contributed by atoms with E-state index in [1.54, 1.807) is 25.1 Å². The standard InChI is InChI=1S/C21H27N5O3/c1-21(2,3)26-18-15(12-22-26)19(27)24-20(23-18)25-10-6-7-16(25)14-9-8-13(28-4)11-17(14)29-5/h8-9,11-12,16H,6-7,10H2,1-5H3,(H,23,24,27). The summed E-state index contributed by atoms with van der Waals surface area (Å²) in [5.41, 5.74) is 1.21. The minimum absolute atomic E-state index is 0.0578. The molecule has 0 amide bonds. The number of benzene rings is 1. The number of H-pyrrole nitrogens is 1. The van der Waals surface area contributed by atoms with Crippen LogP contribution in [0.3, 0.4) is 0 Å². The van der Waals surface area contributed by atoms with Crippen molar-refractivity contribution >= 4 is 17.0 Å². The fourth-order valence-corrected chi connectivity index (χ4v) is 3.97. The Hall–Kier alpha value is -3.03. The van der Waals surface area contributed by atoms with Gasteiger partial charge in [0.25, 0.3) is 5.56 Å². The van der Waals surface area contributed by atoms with Gasteiger partial charge >= 0.3 is 0 Å². The molecule has 3 heterocycles. The van der Waals surface area contributed by atoms with Gasteiger partial charge in [-0.25, -0.2) is 4.68 Å². The molecule has 1 aromatic carbocycles. The predicted molar refractivity (Wildman–Crippen MR) is 112 cm³/mol. The number of methoxy groups -OCH3 is 2. The van der Waals surface area contributed by atoms with E-state index < -0.39 is 0 Å². The second-order valence-electron chi connectivity index (χ2n) is 8.31. The molecule has 0 radical (unpaired) electrons. The molecule has 0 aliphatic carbocycles. The highest BCUT2D eigenvalue weighted by Gasteiger charge is 2.31. The zero-order valence-electron chi connectivity index (χ0n) is 17.5. The lowest BCUT2D eigenvalue weighted by Gasteiger charge is -2.27. The summed E-state index contributed by atoms with van der Waals surface area (Å²) >= 11 is 0. The number of aromatic amines is 1. The van der Waals surface area contributed by atoms with Crippen LogP contribution in [0.5, 0.6) is 11.5 Å². The Morgan fingerprint density at radius 2 is 2.00 bits per heavy atom. The Balaban J connectivity index is 1.80. The monoisotopic (exact) mass is 397 g/mol. The molecule has 154 valence electrons. The van der Waals surface area contributed by atoms with E-state index in [0.29, 0.717) is 17.0 Å². The van der Waals surface area contributed by atoms with Gasteiger partial charge in [-0.2, -0.15) is 10.1 Å². The second-order valence-corrected chi connectivity index (χ2v) is 8.31. The highest BCUT2D eigenvalue weighted by Crippen LogP contribution is 2.40. The fraction of sp³-hybridized carbons (Fsp3) is 0.476. The van der Waals surface area contributed by atoms with Crippen molar-refractivity contribution in [2.45, 2.75) is 45.2 Å². The van der Waals surface area contributed by atoms with Crippen molar-refractivity contribution < 1.29 is 9.47 Å².